The maximum atomic E-state index is 2.51. The minimum Gasteiger partial charge on any atom is -0.0651 e. The molecule has 0 heterocycles. The second-order valence-electron chi connectivity index (χ2n) is 11.9. The summed E-state index contributed by atoms with van der Waals surface area (Å²) in [6, 6.07) is 7.47. The fraction of sp³-hybridized carbons (Fsp3) is 0.760. The molecule has 25 heavy (non-hydrogen) atoms. The predicted molar refractivity (Wildman–Crippen MR) is 115 cm³/mol. The van der Waals surface area contributed by atoms with E-state index in [1.807, 2.05) is 0 Å². The summed E-state index contributed by atoms with van der Waals surface area (Å²) >= 11 is 0. The van der Waals surface area contributed by atoms with E-state index in [9.17, 15) is 0 Å². The van der Waals surface area contributed by atoms with E-state index in [4.69, 9.17) is 0 Å². The Morgan fingerprint density at radius 2 is 0.960 bits per heavy atom. The van der Waals surface area contributed by atoms with Crippen LogP contribution in [-0.4, -0.2) is 0 Å². The van der Waals surface area contributed by atoms with Crippen LogP contribution < -0.4 is 0 Å². The van der Waals surface area contributed by atoms with Crippen molar-refractivity contribution in [3.05, 3.63) is 34.9 Å². The average Bonchev–Trinajstić information content (AvgIpc) is 2.33. The third-order valence-corrected chi connectivity index (χ3v) is 5.04. The summed E-state index contributed by atoms with van der Waals surface area (Å²) in [6.45, 7) is 26.1. The van der Waals surface area contributed by atoms with Crippen LogP contribution in [0.15, 0.2) is 18.2 Å². The molecule has 0 aromatic heterocycles. The van der Waals surface area contributed by atoms with Gasteiger partial charge in [0, 0.05) is 0 Å². The summed E-state index contributed by atoms with van der Waals surface area (Å²) in [5.41, 5.74) is 5.63. The van der Waals surface area contributed by atoms with Crippen molar-refractivity contribution in [2.24, 2.45) is 10.8 Å². The van der Waals surface area contributed by atoms with Gasteiger partial charge in [0.2, 0.25) is 0 Å². The van der Waals surface area contributed by atoms with Crippen LogP contribution in [0.5, 0.6) is 0 Å². The van der Waals surface area contributed by atoms with Gasteiger partial charge in [-0.15, -0.1) is 0 Å². The summed E-state index contributed by atoms with van der Waals surface area (Å²) in [6.07, 6.45) is 4.80. The van der Waals surface area contributed by atoms with E-state index >= 15 is 0 Å². The Morgan fingerprint density at radius 3 is 1.24 bits per heavy atom. The molecule has 0 nitrogen and oxygen atoms in total. The molecule has 0 radical (unpaired) electrons. The standard InChI is InChI=1S/C25H44/c1-12-13-19-14-20(24(8,9)17-22(2,3)4)16-21(15-19)25(10,11)18-23(5,6)7/h14-16H,12-13,17-18H2,1-11H3. The van der Waals surface area contributed by atoms with Crippen molar-refractivity contribution in [3.63, 3.8) is 0 Å². The van der Waals surface area contributed by atoms with Crippen LogP contribution in [0, 0.1) is 10.8 Å². The fourth-order valence-corrected chi connectivity index (χ4v) is 4.76. The normalized spacial score (nSPS) is 14.0. The van der Waals surface area contributed by atoms with Crippen molar-refractivity contribution in [3.8, 4) is 0 Å². The molecular weight excluding hydrogens is 300 g/mol. The molecule has 0 aliphatic heterocycles. The molecule has 1 aromatic rings. The van der Waals surface area contributed by atoms with Gasteiger partial charge in [0.15, 0.2) is 0 Å². The molecule has 0 N–H and O–H groups in total. The highest BCUT2D eigenvalue weighted by atomic mass is 14.4. The van der Waals surface area contributed by atoms with E-state index in [1.54, 1.807) is 0 Å². The molecule has 1 aromatic carbocycles. The van der Waals surface area contributed by atoms with Gasteiger partial charge in [0.1, 0.15) is 0 Å². The van der Waals surface area contributed by atoms with Gasteiger partial charge in [-0.05, 0) is 57.6 Å². The number of benzene rings is 1. The van der Waals surface area contributed by atoms with Crippen molar-refractivity contribution in [2.45, 2.75) is 113 Å². The minimum atomic E-state index is 0.203. The van der Waals surface area contributed by atoms with Gasteiger partial charge in [0.25, 0.3) is 0 Å². The van der Waals surface area contributed by atoms with E-state index in [2.05, 4.69) is 94.4 Å². The summed E-state index contributed by atoms with van der Waals surface area (Å²) in [4.78, 5) is 0. The third-order valence-electron chi connectivity index (χ3n) is 5.04. The molecule has 144 valence electrons. The van der Waals surface area contributed by atoms with Gasteiger partial charge in [-0.25, -0.2) is 0 Å². The van der Waals surface area contributed by atoms with Crippen molar-refractivity contribution < 1.29 is 0 Å². The van der Waals surface area contributed by atoms with Gasteiger partial charge in [-0.1, -0.05) is 101 Å². The van der Waals surface area contributed by atoms with Crippen LogP contribution in [0.3, 0.4) is 0 Å². The lowest BCUT2D eigenvalue weighted by atomic mass is 9.68. The zero-order valence-electron chi connectivity index (χ0n) is 19.1. The molecule has 0 bridgehead atoms. The first-order chi connectivity index (χ1) is 11.1. The quantitative estimate of drug-likeness (QED) is 0.489. The van der Waals surface area contributed by atoms with Crippen LogP contribution in [0.4, 0.5) is 0 Å². The maximum absolute atomic E-state index is 2.51. The van der Waals surface area contributed by atoms with Gasteiger partial charge in [-0.3, -0.25) is 0 Å². The Kier molecular flexibility index (Phi) is 6.64. The highest BCUT2D eigenvalue weighted by Gasteiger charge is 2.31. The van der Waals surface area contributed by atoms with E-state index in [1.165, 1.54) is 42.4 Å². The van der Waals surface area contributed by atoms with Crippen molar-refractivity contribution in [1.82, 2.24) is 0 Å². The minimum absolute atomic E-state index is 0.203. The van der Waals surface area contributed by atoms with Crippen LogP contribution >= 0.6 is 0 Å². The van der Waals surface area contributed by atoms with Gasteiger partial charge < -0.3 is 0 Å². The van der Waals surface area contributed by atoms with Crippen LogP contribution in [-0.2, 0) is 17.3 Å². The molecule has 1 rings (SSSR count). The topological polar surface area (TPSA) is 0 Å². The first-order valence-corrected chi connectivity index (χ1v) is 10.2. The largest absolute Gasteiger partial charge is 0.0651 e. The summed E-state index contributed by atoms with van der Waals surface area (Å²) in [5.74, 6) is 0. The van der Waals surface area contributed by atoms with E-state index < -0.39 is 0 Å². The van der Waals surface area contributed by atoms with Gasteiger partial charge in [-0.2, -0.15) is 0 Å². The molecule has 0 unspecified atom stereocenters. The molecule has 0 saturated carbocycles. The maximum Gasteiger partial charge on any atom is -0.00984 e. The number of rotatable bonds is 6. The molecular formula is C25H44. The Labute approximate surface area is 158 Å². The Hall–Kier alpha value is -0.780. The highest BCUT2D eigenvalue weighted by molar-refractivity contribution is 5.38. The van der Waals surface area contributed by atoms with Crippen molar-refractivity contribution in [1.29, 1.82) is 0 Å². The SMILES string of the molecule is CCCc1cc(C(C)(C)CC(C)(C)C)cc(C(C)(C)CC(C)(C)C)c1. The molecule has 0 amide bonds. The Balaban J connectivity index is 3.39. The molecule has 0 fully saturated rings. The van der Waals surface area contributed by atoms with E-state index in [0.29, 0.717) is 10.8 Å². The fourth-order valence-electron chi connectivity index (χ4n) is 4.76. The zero-order chi connectivity index (χ0) is 19.7. The lowest BCUT2D eigenvalue weighted by Gasteiger charge is -2.37. The molecule has 0 heteroatoms. The van der Waals surface area contributed by atoms with Gasteiger partial charge >= 0.3 is 0 Å². The first-order valence-electron chi connectivity index (χ1n) is 10.2. The Bertz CT molecular complexity index is 512. The van der Waals surface area contributed by atoms with Crippen molar-refractivity contribution in [2.75, 3.05) is 0 Å². The predicted octanol–water partition coefficient (Wildman–Crippen LogP) is 8.07. The van der Waals surface area contributed by atoms with Gasteiger partial charge in [0.05, 0.1) is 0 Å². The summed E-state index contributed by atoms with van der Waals surface area (Å²) in [5, 5.41) is 0. The molecule has 0 aliphatic rings. The molecule has 0 spiro atoms. The van der Waals surface area contributed by atoms with E-state index in [0.717, 1.165) is 0 Å². The van der Waals surface area contributed by atoms with Crippen molar-refractivity contribution >= 4 is 0 Å². The molecule has 0 aliphatic carbocycles. The highest BCUT2D eigenvalue weighted by Crippen LogP contribution is 2.41. The molecule has 0 saturated heterocycles. The zero-order valence-corrected chi connectivity index (χ0v) is 19.1. The Morgan fingerprint density at radius 1 is 0.600 bits per heavy atom. The second-order valence-corrected chi connectivity index (χ2v) is 11.9. The van der Waals surface area contributed by atoms with Crippen LogP contribution in [0.2, 0.25) is 0 Å². The molecule has 0 atom stereocenters. The number of hydrogen-bond donors (Lipinski definition) is 0. The lowest BCUT2D eigenvalue weighted by Crippen LogP contribution is -2.28. The summed E-state index contributed by atoms with van der Waals surface area (Å²) < 4.78 is 0. The lowest BCUT2D eigenvalue weighted by molar-refractivity contribution is 0.278. The monoisotopic (exact) mass is 344 g/mol. The summed E-state index contributed by atoms with van der Waals surface area (Å²) in [7, 11) is 0. The van der Waals surface area contributed by atoms with Crippen LogP contribution in [0.25, 0.3) is 0 Å². The van der Waals surface area contributed by atoms with E-state index in [-0.39, 0.29) is 10.8 Å². The average molecular weight is 345 g/mol. The smallest absolute Gasteiger partial charge is 0.00984 e. The number of aryl methyl sites for hydroxylation is 1. The van der Waals surface area contributed by atoms with Crippen LogP contribution in [0.1, 0.15) is 112 Å². The second kappa shape index (κ2) is 7.45. The number of hydrogen-bond acceptors (Lipinski definition) is 0. The third kappa shape index (κ3) is 7.16. The first kappa shape index (κ1) is 22.3.